The van der Waals surface area contributed by atoms with E-state index in [9.17, 15) is 13.2 Å². The Morgan fingerprint density at radius 3 is 2.17 bits per heavy atom. The van der Waals surface area contributed by atoms with Crippen LogP contribution in [0, 0.1) is 6.92 Å². The molecule has 4 nitrogen and oxygen atoms in total. The van der Waals surface area contributed by atoms with Crippen molar-refractivity contribution in [1.29, 1.82) is 0 Å². The molecule has 0 radical (unpaired) electrons. The van der Waals surface area contributed by atoms with Crippen molar-refractivity contribution in [3.8, 4) is 0 Å². The first-order valence-corrected chi connectivity index (χ1v) is 9.24. The molecule has 23 heavy (non-hydrogen) atoms. The molecule has 2 rings (SSSR count). The summed E-state index contributed by atoms with van der Waals surface area (Å²) >= 11 is 0. The molecule has 1 amide bonds. The van der Waals surface area contributed by atoms with E-state index in [4.69, 9.17) is 0 Å². The summed E-state index contributed by atoms with van der Waals surface area (Å²) in [6.07, 6.45) is 1.06. The van der Waals surface area contributed by atoms with E-state index >= 15 is 0 Å². The van der Waals surface area contributed by atoms with Crippen molar-refractivity contribution in [3.05, 3.63) is 59.7 Å². The third-order valence-corrected chi connectivity index (χ3v) is 5.39. The van der Waals surface area contributed by atoms with Crippen LogP contribution >= 0.6 is 0 Å². The highest BCUT2D eigenvalue weighted by Crippen LogP contribution is 2.16. The Labute approximate surface area is 137 Å². The molecule has 0 saturated carbocycles. The molecule has 0 saturated heterocycles. The molecule has 0 heterocycles. The molecule has 0 unspecified atom stereocenters. The van der Waals surface area contributed by atoms with E-state index in [1.54, 1.807) is 19.1 Å². The minimum Gasteiger partial charge on any atom is -0.326 e. The molecule has 0 atom stereocenters. The predicted octanol–water partition coefficient (Wildman–Crippen LogP) is 3.36. The van der Waals surface area contributed by atoms with Gasteiger partial charge in [0.2, 0.25) is 5.91 Å². The van der Waals surface area contributed by atoms with E-state index in [1.807, 2.05) is 31.2 Å². The van der Waals surface area contributed by atoms with Crippen molar-refractivity contribution in [2.75, 3.05) is 11.1 Å². The van der Waals surface area contributed by atoms with Gasteiger partial charge in [-0.15, -0.1) is 0 Å². The van der Waals surface area contributed by atoms with Gasteiger partial charge >= 0.3 is 0 Å². The minimum absolute atomic E-state index is 0.0647. The van der Waals surface area contributed by atoms with E-state index < -0.39 is 9.84 Å². The van der Waals surface area contributed by atoms with Crippen LogP contribution in [-0.2, 0) is 21.1 Å². The Morgan fingerprint density at radius 1 is 1.00 bits per heavy atom. The average Bonchev–Trinajstić information content (AvgIpc) is 2.55. The first-order valence-electron chi connectivity index (χ1n) is 7.59. The smallest absolute Gasteiger partial charge is 0.224 e. The molecule has 0 aromatic heterocycles. The summed E-state index contributed by atoms with van der Waals surface area (Å²) in [5.41, 5.74) is 2.92. The maximum absolute atomic E-state index is 12.0. The molecule has 0 aliphatic heterocycles. The second kappa shape index (κ2) is 7.42. The lowest BCUT2D eigenvalue weighted by atomic mass is 10.1. The Bertz CT molecular complexity index is 763. The van der Waals surface area contributed by atoms with Crippen molar-refractivity contribution in [2.24, 2.45) is 0 Å². The number of carbonyl (C=O) groups excluding carboxylic acids is 1. The second-order valence-electron chi connectivity index (χ2n) is 5.46. The number of benzene rings is 2. The van der Waals surface area contributed by atoms with E-state index in [-0.39, 0.29) is 16.6 Å². The molecule has 122 valence electrons. The van der Waals surface area contributed by atoms with Gasteiger partial charge < -0.3 is 5.32 Å². The fraction of sp³-hybridized carbons (Fsp3) is 0.278. The van der Waals surface area contributed by atoms with Crippen LogP contribution in [0.15, 0.2) is 53.4 Å². The standard InChI is InChI=1S/C18H21NO3S/c1-3-23(21,22)17-11-9-16(10-12-17)19-18(20)13-8-15-6-4-14(2)5-7-15/h4-7,9-12H,3,8,13H2,1-2H3,(H,19,20). The van der Waals surface area contributed by atoms with Gasteiger partial charge in [0.15, 0.2) is 9.84 Å². The number of carbonyl (C=O) groups is 1. The summed E-state index contributed by atoms with van der Waals surface area (Å²) < 4.78 is 23.5. The van der Waals surface area contributed by atoms with Gasteiger partial charge in [-0.25, -0.2) is 8.42 Å². The molecule has 0 aliphatic carbocycles. The number of aryl methyl sites for hydroxylation is 2. The number of rotatable bonds is 6. The summed E-state index contributed by atoms with van der Waals surface area (Å²) in [6.45, 7) is 3.63. The van der Waals surface area contributed by atoms with Crippen molar-refractivity contribution < 1.29 is 13.2 Å². The van der Waals surface area contributed by atoms with E-state index in [1.165, 1.54) is 17.7 Å². The van der Waals surface area contributed by atoms with Gasteiger partial charge in [0.25, 0.3) is 0 Å². The molecule has 2 aromatic carbocycles. The summed E-state index contributed by atoms with van der Waals surface area (Å²) in [4.78, 5) is 12.2. The molecule has 0 fully saturated rings. The fourth-order valence-corrected chi connectivity index (χ4v) is 3.03. The zero-order chi connectivity index (χ0) is 16.9. The number of sulfone groups is 1. The largest absolute Gasteiger partial charge is 0.326 e. The molecule has 1 N–H and O–H groups in total. The molecule has 5 heteroatoms. The van der Waals surface area contributed by atoms with Crippen LogP contribution in [-0.4, -0.2) is 20.1 Å². The predicted molar refractivity (Wildman–Crippen MR) is 92.3 cm³/mol. The van der Waals surface area contributed by atoms with Gasteiger partial charge in [0.05, 0.1) is 10.6 Å². The number of hydrogen-bond donors (Lipinski definition) is 1. The van der Waals surface area contributed by atoms with E-state index in [0.29, 0.717) is 18.5 Å². The lowest BCUT2D eigenvalue weighted by Gasteiger charge is -2.07. The van der Waals surface area contributed by atoms with Gasteiger partial charge in [-0.2, -0.15) is 0 Å². The minimum atomic E-state index is -3.21. The van der Waals surface area contributed by atoms with Gasteiger partial charge in [-0.1, -0.05) is 36.8 Å². The Balaban J connectivity index is 1.91. The molecule has 2 aromatic rings. The average molecular weight is 331 g/mol. The van der Waals surface area contributed by atoms with Gasteiger partial charge in [-0.05, 0) is 43.2 Å². The normalized spacial score (nSPS) is 11.2. The van der Waals surface area contributed by atoms with E-state index in [0.717, 1.165) is 5.56 Å². The number of amides is 1. The molecule has 0 aliphatic rings. The van der Waals surface area contributed by atoms with Crippen LogP contribution in [0.2, 0.25) is 0 Å². The van der Waals surface area contributed by atoms with Gasteiger partial charge in [-0.3, -0.25) is 4.79 Å². The van der Waals surface area contributed by atoms with Crippen LogP contribution in [0.5, 0.6) is 0 Å². The summed E-state index contributed by atoms with van der Waals surface area (Å²) in [5, 5.41) is 2.79. The van der Waals surface area contributed by atoms with E-state index in [2.05, 4.69) is 5.32 Å². The third kappa shape index (κ3) is 4.93. The quantitative estimate of drug-likeness (QED) is 0.883. The van der Waals surface area contributed by atoms with Crippen LogP contribution < -0.4 is 5.32 Å². The van der Waals surface area contributed by atoms with Crippen molar-refractivity contribution in [2.45, 2.75) is 31.6 Å². The zero-order valence-electron chi connectivity index (χ0n) is 13.4. The monoisotopic (exact) mass is 331 g/mol. The summed E-state index contributed by atoms with van der Waals surface area (Å²) in [6, 6.07) is 14.4. The third-order valence-electron chi connectivity index (χ3n) is 3.64. The lowest BCUT2D eigenvalue weighted by molar-refractivity contribution is -0.116. The SMILES string of the molecule is CCS(=O)(=O)c1ccc(NC(=O)CCc2ccc(C)cc2)cc1. The summed E-state index contributed by atoms with van der Waals surface area (Å²) in [5.74, 6) is -0.0217. The highest BCUT2D eigenvalue weighted by Gasteiger charge is 2.11. The first-order chi connectivity index (χ1) is 10.9. The van der Waals surface area contributed by atoms with Crippen molar-refractivity contribution >= 4 is 21.4 Å². The summed E-state index contributed by atoms with van der Waals surface area (Å²) in [7, 11) is -3.21. The maximum Gasteiger partial charge on any atom is 0.224 e. The van der Waals surface area contributed by atoms with Crippen LogP contribution in [0.1, 0.15) is 24.5 Å². The molecule has 0 bridgehead atoms. The highest BCUT2D eigenvalue weighted by atomic mass is 32.2. The van der Waals surface area contributed by atoms with Crippen molar-refractivity contribution in [3.63, 3.8) is 0 Å². The number of anilines is 1. The molecule has 0 spiro atoms. The Morgan fingerprint density at radius 2 is 1.61 bits per heavy atom. The Kier molecular flexibility index (Phi) is 5.55. The van der Waals surface area contributed by atoms with Crippen LogP contribution in [0.25, 0.3) is 0 Å². The number of hydrogen-bond acceptors (Lipinski definition) is 3. The topological polar surface area (TPSA) is 63.2 Å². The zero-order valence-corrected chi connectivity index (χ0v) is 14.2. The van der Waals surface area contributed by atoms with Crippen LogP contribution in [0.4, 0.5) is 5.69 Å². The maximum atomic E-state index is 12.0. The highest BCUT2D eigenvalue weighted by molar-refractivity contribution is 7.91. The first kappa shape index (κ1) is 17.2. The number of nitrogens with one attached hydrogen (secondary N) is 1. The molecular formula is C18H21NO3S. The van der Waals surface area contributed by atoms with Gasteiger partial charge in [0, 0.05) is 12.1 Å². The van der Waals surface area contributed by atoms with Gasteiger partial charge in [0.1, 0.15) is 0 Å². The van der Waals surface area contributed by atoms with Crippen LogP contribution in [0.3, 0.4) is 0 Å². The Hall–Kier alpha value is -2.14. The molecular weight excluding hydrogens is 310 g/mol. The fourth-order valence-electron chi connectivity index (χ4n) is 2.15. The second-order valence-corrected chi connectivity index (χ2v) is 7.74. The lowest BCUT2D eigenvalue weighted by Crippen LogP contribution is -2.12. The van der Waals surface area contributed by atoms with Crippen molar-refractivity contribution in [1.82, 2.24) is 0 Å².